The molecule has 0 spiro atoms. The highest BCUT2D eigenvalue weighted by atomic mass is 16.5. The topological polar surface area (TPSA) is 41.5 Å². The minimum absolute atomic E-state index is 0.381. The monoisotopic (exact) mass is 275 g/mol. The van der Waals surface area contributed by atoms with Gasteiger partial charge in [-0.3, -0.25) is 0 Å². The van der Waals surface area contributed by atoms with Crippen LogP contribution in [0.4, 0.5) is 0 Å². The number of aliphatic hydroxyl groups is 1. The van der Waals surface area contributed by atoms with E-state index in [1.54, 1.807) is 0 Å². The van der Waals surface area contributed by atoms with Crippen molar-refractivity contribution >= 4 is 0 Å². The first-order valence-corrected chi connectivity index (χ1v) is 7.72. The number of benzene rings is 1. The number of hydrogen-bond acceptors (Lipinski definition) is 3. The van der Waals surface area contributed by atoms with Crippen molar-refractivity contribution in [2.75, 3.05) is 19.8 Å². The molecule has 110 valence electrons. The van der Waals surface area contributed by atoms with Gasteiger partial charge in [-0.1, -0.05) is 25.1 Å². The van der Waals surface area contributed by atoms with Crippen LogP contribution < -0.4 is 5.32 Å². The van der Waals surface area contributed by atoms with E-state index in [-0.39, 0.29) is 0 Å². The molecule has 0 radical (unpaired) electrons. The van der Waals surface area contributed by atoms with Gasteiger partial charge in [-0.15, -0.1) is 0 Å². The smallest absolute Gasteiger partial charge is 0.0815 e. The van der Waals surface area contributed by atoms with Crippen molar-refractivity contribution in [1.29, 1.82) is 0 Å². The number of aryl methyl sites for hydroxylation is 1. The molecule has 0 aromatic heterocycles. The lowest BCUT2D eigenvalue weighted by molar-refractivity contribution is -0.0628. The van der Waals surface area contributed by atoms with Crippen LogP contribution in [0.3, 0.4) is 0 Å². The van der Waals surface area contributed by atoms with Crippen LogP contribution in [0.25, 0.3) is 0 Å². The van der Waals surface area contributed by atoms with Crippen molar-refractivity contribution in [3.05, 3.63) is 34.9 Å². The molecule has 2 aliphatic rings. The second-order valence-electron chi connectivity index (χ2n) is 6.48. The zero-order chi connectivity index (χ0) is 14.2. The van der Waals surface area contributed by atoms with Gasteiger partial charge in [-0.05, 0) is 36.0 Å². The van der Waals surface area contributed by atoms with Crippen LogP contribution in [0, 0.1) is 6.92 Å². The Balaban J connectivity index is 1.70. The Morgan fingerprint density at radius 3 is 2.85 bits per heavy atom. The minimum Gasteiger partial charge on any atom is -0.388 e. The fraction of sp³-hybridized carbons (Fsp3) is 0.647. The molecule has 1 aromatic rings. The molecular formula is C17H25NO2. The summed E-state index contributed by atoms with van der Waals surface area (Å²) in [6.45, 7) is 6.52. The van der Waals surface area contributed by atoms with Crippen LogP contribution in [0.2, 0.25) is 0 Å². The van der Waals surface area contributed by atoms with E-state index in [9.17, 15) is 5.11 Å². The first-order valence-electron chi connectivity index (χ1n) is 7.72. The molecule has 3 nitrogen and oxygen atoms in total. The predicted molar refractivity (Wildman–Crippen MR) is 80.0 cm³/mol. The highest BCUT2D eigenvalue weighted by Crippen LogP contribution is 2.41. The van der Waals surface area contributed by atoms with Gasteiger partial charge in [0.2, 0.25) is 0 Å². The summed E-state index contributed by atoms with van der Waals surface area (Å²) in [4.78, 5) is 0. The summed E-state index contributed by atoms with van der Waals surface area (Å²) in [5, 5.41) is 14.2. The Bertz CT molecular complexity index is 480. The lowest BCUT2D eigenvalue weighted by Gasteiger charge is -2.33. The molecule has 1 saturated heterocycles. The van der Waals surface area contributed by atoms with Gasteiger partial charge in [0.1, 0.15) is 0 Å². The van der Waals surface area contributed by atoms with Gasteiger partial charge in [-0.25, -0.2) is 0 Å². The number of rotatable bonds is 3. The summed E-state index contributed by atoms with van der Waals surface area (Å²) in [5.41, 5.74) is 3.73. The van der Waals surface area contributed by atoms with Crippen LogP contribution in [-0.2, 0) is 4.74 Å². The van der Waals surface area contributed by atoms with Crippen LogP contribution in [0.15, 0.2) is 18.2 Å². The number of nitrogens with one attached hydrogen (secondary N) is 1. The molecule has 2 N–H and O–H groups in total. The van der Waals surface area contributed by atoms with Gasteiger partial charge in [0, 0.05) is 38.6 Å². The van der Waals surface area contributed by atoms with E-state index in [2.05, 4.69) is 37.4 Å². The van der Waals surface area contributed by atoms with Gasteiger partial charge in [0.05, 0.1) is 5.60 Å². The first kappa shape index (κ1) is 14.1. The van der Waals surface area contributed by atoms with Gasteiger partial charge in [-0.2, -0.15) is 0 Å². The van der Waals surface area contributed by atoms with E-state index < -0.39 is 5.60 Å². The zero-order valence-electron chi connectivity index (χ0n) is 12.5. The van der Waals surface area contributed by atoms with Crippen LogP contribution in [-0.4, -0.2) is 30.5 Å². The summed E-state index contributed by atoms with van der Waals surface area (Å²) in [6.07, 6.45) is 2.61. The van der Waals surface area contributed by atoms with Crippen LogP contribution in [0.1, 0.15) is 54.8 Å². The van der Waals surface area contributed by atoms with Gasteiger partial charge in [0.25, 0.3) is 0 Å². The number of fused-ring (bicyclic) bond motifs is 1. The third kappa shape index (κ3) is 2.62. The molecule has 3 heteroatoms. The Hall–Kier alpha value is -0.900. The second kappa shape index (κ2) is 5.47. The van der Waals surface area contributed by atoms with Crippen molar-refractivity contribution in [2.24, 2.45) is 0 Å². The zero-order valence-corrected chi connectivity index (χ0v) is 12.5. The molecule has 1 fully saturated rings. The third-order valence-corrected chi connectivity index (χ3v) is 4.92. The first-order chi connectivity index (χ1) is 9.59. The summed E-state index contributed by atoms with van der Waals surface area (Å²) in [5.74, 6) is 0.605. The summed E-state index contributed by atoms with van der Waals surface area (Å²) >= 11 is 0. The SMILES string of the molecule is Cc1cccc2c1C(C)CC2NCC1(O)CCOCC1. The van der Waals surface area contributed by atoms with Crippen LogP contribution in [0.5, 0.6) is 0 Å². The Kier molecular flexibility index (Phi) is 3.85. The summed E-state index contributed by atoms with van der Waals surface area (Å²) < 4.78 is 5.34. The molecule has 1 aliphatic heterocycles. The van der Waals surface area contributed by atoms with E-state index >= 15 is 0 Å². The average Bonchev–Trinajstić information content (AvgIpc) is 2.76. The molecule has 0 amide bonds. The molecule has 0 saturated carbocycles. The molecular weight excluding hydrogens is 250 g/mol. The summed E-state index contributed by atoms with van der Waals surface area (Å²) in [6, 6.07) is 6.96. The van der Waals surface area contributed by atoms with Crippen molar-refractivity contribution in [1.82, 2.24) is 5.32 Å². The fourth-order valence-electron chi connectivity index (χ4n) is 3.71. The highest BCUT2D eigenvalue weighted by molar-refractivity contribution is 5.43. The number of hydrogen-bond donors (Lipinski definition) is 2. The van der Waals surface area contributed by atoms with Crippen molar-refractivity contribution in [2.45, 2.75) is 50.7 Å². The second-order valence-corrected chi connectivity index (χ2v) is 6.48. The van der Waals surface area contributed by atoms with E-state index in [1.807, 2.05) is 0 Å². The molecule has 2 atom stereocenters. The predicted octanol–water partition coefficient (Wildman–Crippen LogP) is 2.67. The number of ether oxygens (including phenoxy) is 1. The van der Waals surface area contributed by atoms with Crippen molar-refractivity contribution < 1.29 is 9.84 Å². The Morgan fingerprint density at radius 2 is 2.10 bits per heavy atom. The lowest BCUT2D eigenvalue weighted by Crippen LogP contribution is -2.45. The lowest BCUT2D eigenvalue weighted by atomic mass is 9.93. The molecule has 2 unspecified atom stereocenters. The van der Waals surface area contributed by atoms with E-state index in [1.165, 1.54) is 16.7 Å². The average molecular weight is 275 g/mol. The largest absolute Gasteiger partial charge is 0.388 e. The van der Waals surface area contributed by atoms with E-state index in [4.69, 9.17) is 4.74 Å². The quantitative estimate of drug-likeness (QED) is 0.891. The molecule has 20 heavy (non-hydrogen) atoms. The molecule has 1 aliphatic carbocycles. The maximum Gasteiger partial charge on any atom is 0.0815 e. The maximum absolute atomic E-state index is 10.6. The van der Waals surface area contributed by atoms with E-state index in [0.29, 0.717) is 31.7 Å². The molecule has 3 rings (SSSR count). The van der Waals surface area contributed by atoms with Crippen molar-refractivity contribution in [3.63, 3.8) is 0 Å². The maximum atomic E-state index is 10.6. The Labute approximate surface area is 121 Å². The molecule has 1 aromatic carbocycles. The minimum atomic E-state index is -0.589. The van der Waals surface area contributed by atoms with Crippen LogP contribution >= 0.6 is 0 Å². The van der Waals surface area contributed by atoms with Crippen molar-refractivity contribution in [3.8, 4) is 0 Å². The Morgan fingerprint density at radius 1 is 1.35 bits per heavy atom. The third-order valence-electron chi connectivity index (χ3n) is 4.92. The van der Waals surface area contributed by atoms with Gasteiger partial charge in [0.15, 0.2) is 0 Å². The van der Waals surface area contributed by atoms with Gasteiger partial charge >= 0.3 is 0 Å². The van der Waals surface area contributed by atoms with Gasteiger partial charge < -0.3 is 15.2 Å². The fourth-order valence-corrected chi connectivity index (χ4v) is 3.71. The standard InChI is InChI=1S/C17H25NO2/c1-12-4-3-5-14-15(10-13(2)16(12)14)18-11-17(19)6-8-20-9-7-17/h3-5,13,15,18-19H,6-11H2,1-2H3. The highest BCUT2D eigenvalue weighted by Gasteiger charge is 2.33. The summed E-state index contributed by atoms with van der Waals surface area (Å²) in [7, 11) is 0. The molecule has 1 heterocycles. The van der Waals surface area contributed by atoms with E-state index in [0.717, 1.165) is 19.3 Å². The normalized spacial score (nSPS) is 28.4. The molecule has 0 bridgehead atoms.